The summed E-state index contributed by atoms with van der Waals surface area (Å²) in [5.74, 6) is 2.39. The van der Waals surface area contributed by atoms with E-state index >= 15 is 0 Å². The van der Waals surface area contributed by atoms with Crippen molar-refractivity contribution in [2.75, 3.05) is 33.3 Å². The van der Waals surface area contributed by atoms with Crippen molar-refractivity contribution in [2.45, 2.75) is 33.1 Å². The van der Waals surface area contributed by atoms with E-state index in [0.717, 1.165) is 36.3 Å². The van der Waals surface area contributed by atoms with Crippen LogP contribution in [0.25, 0.3) is 16.7 Å². The molecule has 1 aromatic heterocycles. The van der Waals surface area contributed by atoms with Crippen molar-refractivity contribution in [1.82, 2.24) is 10.2 Å². The van der Waals surface area contributed by atoms with Crippen molar-refractivity contribution in [3.05, 3.63) is 59.4 Å². The molecule has 184 valence electrons. The van der Waals surface area contributed by atoms with Gasteiger partial charge in [-0.3, -0.25) is 14.7 Å². The molecular weight excluding hydrogens is 442 g/mol. The number of amides is 1. The van der Waals surface area contributed by atoms with Gasteiger partial charge in [0.15, 0.2) is 0 Å². The SMILES string of the molecule is C=Nc1cc(OCCN2CCCCC2)ccc1/C(=C\C)Oc1ccc2c(C(=O)NC)c(C)oc2c1. The van der Waals surface area contributed by atoms with Crippen LogP contribution in [0.4, 0.5) is 5.69 Å². The van der Waals surface area contributed by atoms with Gasteiger partial charge in [-0.05, 0) is 76.8 Å². The lowest BCUT2D eigenvalue weighted by molar-refractivity contribution is 0.0963. The minimum atomic E-state index is -0.177. The summed E-state index contributed by atoms with van der Waals surface area (Å²) in [6.45, 7) is 11.3. The minimum absolute atomic E-state index is 0.177. The van der Waals surface area contributed by atoms with Gasteiger partial charge >= 0.3 is 0 Å². The number of aliphatic imine (C=N–C) groups is 1. The number of ether oxygens (including phenoxy) is 2. The summed E-state index contributed by atoms with van der Waals surface area (Å²) in [5.41, 5.74) is 2.63. The molecule has 4 rings (SSSR count). The lowest BCUT2D eigenvalue weighted by Crippen LogP contribution is -2.33. The van der Waals surface area contributed by atoms with Crippen LogP contribution in [0, 0.1) is 6.92 Å². The second kappa shape index (κ2) is 11.2. The Labute approximate surface area is 206 Å². The molecule has 1 N–H and O–H groups in total. The van der Waals surface area contributed by atoms with Crippen molar-refractivity contribution >= 4 is 35.0 Å². The molecule has 7 nitrogen and oxygen atoms in total. The zero-order valence-corrected chi connectivity index (χ0v) is 20.7. The van der Waals surface area contributed by atoms with Gasteiger partial charge in [0.25, 0.3) is 5.91 Å². The highest BCUT2D eigenvalue weighted by atomic mass is 16.5. The van der Waals surface area contributed by atoms with E-state index in [9.17, 15) is 4.79 Å². The third-order valence-corrected chi connectivity index (χ3v) is 6.31. The monoisotopic (exact) mass is 475 g/mol. The molecule has 35 heavy (non-hydrogen) atoms. The van der Waals surface area contributed by atoms with Crippen LogP contribution in [-0.2, 0) is 0 Å². The maximum absolute atomic E-state index is 12.2. The van der Waals surface area contributed by atoms with Crippen LogP contribution in [0.1, 0.15) is 47.9 Å². The third-order valence-electron chi connectivity index (χ3n) is 6.31. The van der Waals surface area contributed by atoms with Crippen molar-refractivity contribution in [3.8, 4) is 11.5 Å². The van der Waals surface area contributed by atoms with E-state index in [1.807, 2.05) is 43.3 Å². The number of carbonyl (C=O) groups is 1. The molecule has 1 aliphatic heterocycles. The molecule has 1 saturated heterocycles. The quantitative estimate of drug-likeness (QED) is 0.316. The Kier molecular flexibility index (Phi) is 7.87. The third kappa shape index (κ3) is 5.57. The number of hydrogen-bond donors (Lipinski definition) is 1. The Hall–Kier alpha value is -3.58. The van der Waals surface area contributed by atoms with Gasteiger partial charge in [0.1, 0.15) is 35.2 Å². The van der Waals surface area contributed by atoms with E-state index in [4.69, 9.17) is 13.9 Å². The molecule has 1 aliphatic rings. The molecular formula is C28H33N3O4. The van der Waals surface area contributed by atoms with E-state index in [1.165, 1.54) is 19.3 Å². The fourth-order valence-corrected chi connectivity index (χ4v) is 4.48. The highest BCUT2D eigenvalue weighted by Crippen LogP contribution is 2.34. The van der Waals surface area contributed by atoms with Gasteiger partial charge in [-0.1, -0.05) is 6.42 Å². The number of nitrogens with zero attached hydrogens (tertiary/aromatic N) is 2. The summed E-state index contributed by atoms with van der Waals surface area (Å²) in [6, 6.07) is 11.2. The van der Waals surface area contributed by atoms with Crippen LogP contribution in [-0.4, -0.2) is 50.8 Å². The summed E-state index contributed by atoms with van der Waals surface area (Å²) in [4.78, 5) is 18.9. The minimum Gasteiger partial charge on any atom is -0.492 e. The molecule has 0 atom stereocenters. The fourth-order valence-electron chi connectivity index (χ4n) is 4.48. The number of fused-ring (bicyclic) bond motifs is 1. The van der Waals surface area contributed by atoms with E-state index in [0.29, 0.717) is 40.7 Å². The van der Waals surface area contributed by atoms with E-state index in [1.54, 1.807) is 20.0 Å². The Bertz CT molecular complexity index is 1240. The van der Waals surface area contributed by atoms with E-state index < -0.39 is 0 Å². The Morgan fingerprint density at radius 1 is 1.17 bits per heavy atom. The number of likely N-dealkylation sites (tertiary alicyclic amines) is 1. The first kappa shape index (κ1) is 24.5. The van der Waals surface area contributed by atoms with Crippen molar-refractivity contribution in [1.29, 1.82) is 0 Å². The molecule has 0 aliphatic carbocycles. The van der Waals surface area contributed by atoms with Crippen LogP contribution < -0.4 is 14.8 Å². The Morgan fingerprint density at radius 2 is 1.94 bits per heavy atom. The average Bonchev–Trinajstić information content (AvgIpc) is 3.22. The standard InChI is InChI=1S/C28H33N3O4/c1-5-25(35-21-10-12-23-26(18-21)34-19(2)27(23)28(32)30-4)22-11-9-20(17-24(22)29-3)33-16-15-31-13-7-6-8-14-31/h5,9-12,17-18H,3,6-8,13-16H2,1-2,4H3,(H,30,32)/b25-5+. The van der Waals surface area contributed by atoms with Gasteiger partial charge in [-0.25, -0.2) is 0 Å². The average molecular weight is 476 g/mol. The summed E-state index contributed by atoms with van der Waals surface area (Å²) < 4.78 is 18.0. The highest BCUT2D eigenvalue weighted by molar-refractivity contribution is 6.07. The lowest BCUT2D eigenvalue weighted by atomic mass is 10.1. The van der Waals surface area contributed by atoms with E-state index in [2.05, 4.69) is 21.9 Å². The van der Waals surface area contributed by atoms with Gasteiger partial charge in [-0.15, -0.1) is 0 Å². The predicted octanol–water partition coefficient (Wildman–Crippen LogP) is 5.74. The van der Waals surface area contributed by atoms with Gasteiger partial charge < -0.3 is 19.2 Å². The molecule has 7 heteroatoms. The van der Waals surface area contributed by atoms with Gasteiger partial charge in [-0.2, -0.15) is 0 Å². The van der Waals surface area contributed by atoms with Crippen molar-refractivity contribution < 1.29 is 18.7 Å². The first-order valence-electron chi connectivity index (χ1n) is 12.1. The Balaban J connectivity index is 1.48. The molecule has 0 unspecified atom stereocenters. The zero-order valence-electron chi connectivity index (χ0n) is 20.7. The van der Waals surface area contributed by atoms with Crippen LogP contribution in [0.3, 0.4) is 0 Å². The van der Waals surface area contributed by atoms with Crippen molar-refractivity contribution in [2.24, 2.45) is 4.99 Å². The summed E-state index contributed by atoms with van der Waals surface area (Å²) in [5, 5.41) is 3.40. The number of furan rings is 1. The number of carbonyl (C=O) groups excluding carboxylic acids is 1. The maximum atomic E-state index is 12.2. The number of allylic oxidation sites excluding steroid dienone is 1. The Morgan fingerprint density at radius 3 is 2.66 bits per heavy atom. The number of benzene rings is 2. The summed E-state index contributed by atoms with van der Waals surface area (Å²) in [7, 11) is 1.60. The maximum Gasteiger partial charge on any atom is 0.255 e. The number of piperidine rings is 1. The number of hydrogen-bond acceptors (Lipinski definition) is 6. The predicted molar refractivity (Wildman–Crippen MR) is 140 cm³/mol. The molecule has 0 radical (unpaired) electrons. The summed E-state index contributed by atoms with van der Waals surface area (Å²) in [6.07, 6.45) is 5.75. The molecule has 1 amide bonds. The molecule has 0 bridgehead atoms. The highest BCUT2D eigenvalue weighted by Gasteiger charge is 2.18. The lowest BCUT2D eigenvalue weighted by Gasteiger charge is -2.26. The largest absolute Gasteiger partial charge is 0.492 e. The second-order valence-corrected chi connectivity index (χ2v) is 8.61. The number of rotatable bonds is 9. The fraction of sp³-hybridized carbons (Fsp3) is 0.357. The topological polar surface area (TPSA) is 76.3 Å². The number of nitrogens with one attached hydrogen (secondary N) is 1. The molecule has 2 aromatic carbocycles. The first-order chi connectivity index (χ1) is 17.0. The van der Waals surface area contributed by atoms with Crippen LogP contribution in [0.2, 0.25) is 0 Å². The van der Waals surface area contributed by atoms with Crippen molar-refractivity contribution in [3.63, 3.8) is 0 Å². The summed E-state index contributed by atoms with van der Waals surface area (Å²) >= 11 is 0. The van der Waals surface area contributed by atoms with Crippen LogP contribution in [0.15, 0.2) is 51.9 Å². The van der Waals surface area contributed by atoms with Gasteiger partial charge in [0.05, 0.1) is 11.3 Å². The van der Waals surface area contributed by atoms with Crippen LogP contribution in [0.5, 0.6) is 11.5 Å². The molecule has 0 spiro atoms. The zero-order chi connectivity index (χ0) is 24.8. The second-order valence-electron chi connectivity index (χ2n) is 8.61. The number of aryl methyl sites for hydroxylation is 1. The smallest absolute Gasteiger partial charge is 0.255 e. The van der Waals surface area contributed by atoms with Gasteiger partial charge in [0, 0.05) is 36.7 Å². The molecule has 0 saturated carbocycles. The van der Waals surface area contributed by atoms with Gasteiger partial charge in [0.2, 0.25) is 0 Å². The normalized spacial score (nSPS) is 14.7. The van der Waals surface area contributed by atoms with E-state index in [-0.39, 0.29) is 5.91 Å². The molecule has 1 fully saturated rings. The molecule has 2 heterocycles. The van der Waals surface area contributed by atoms with Crippen LogP contribution >= 0.6 is 0 Å². The molecule has 3 aromatic rings. The first-order valence-corrected chi connectivity index (χ1v) is 12.1.